The molecule has 4 aromatic heterocycles. The minimum Gasteiger partial charge on any atom is -0.348 e. The standard InChI is InChI=1S/C20H23N7/c1-4-9-27-13-17(15(3)25-27)18-7-8-21-20(24-18)22-11-16-12-26-10-5-6-14(2)19(26)23-16/h5-8,10,12-13H,4,9,11H2,1-3H3,(H,21,22,24). The second-order valence-corrected chi connectivity index (χ2v) is 6.66. The molecule has 7 nitrogen and oxygen atoms in total. The van der Waals surface area contributed by atoms with Gasteiger partial charge in [0.05, 0.1) is 23.6 Å². The number of aryl methyl sites for hydroxylation is 3. The third kappa shape index (κ3) is 3.53. The van der Waals surface area contributed by atoms with Crippen molar-refractivity contribution in [2.75, 3.05) is 5.32 Å². The molecule has 4 heterocycles. The van der Waals surface area contributed by atoms with Crippen molar-refractivity contribution in [3.63, 3.8) is 0 Å². The number of fused-ring (bicyclic) bond motifs is 1. The number of hydrogen-bond acceptors (Lipinski definition) is 5. The number of imidazole rings is 1. The molecule has 0 saturated heterocycles. The molecule has 0 fully saturated rings. The van der Waals surface area contributed by atoms with Crippen molar-refractivity contribution in [3.05, 3.63) is 59.9 Å². The van der Waals surface area contributed by atoms with Gasteiger partial charge in [0.1, 0.15) is 5.65 Å². The molecule has 0 spiro atoms. The van der Waals surface area contributed by atoms with Crippen LogP contribution < -0.4 is 5.32 Å². The lowest BCUT2D eigenvalue weighted by Crippen LogP contribution is -2.04. The largest absolute Gasteiger partial charge is 0.348 e. The number of nitrogens with one attached hydrogen (secondary N) is 1. The molecular weight excluding hydrogens is 338 g/mol. The summed E-state index contributed by atoms with van der Waals surface area (Å²) < 4.78 is 4.01. The van der Waals surface area contributed by atoms with E-state index < -0.39 is 0 Å². The van der Waals surface area contributed by atoms with Gasteiger partial charge < -0.3 is 9.72 Å². The van der Waals surface area contributed by atoms with E-state index in [-0.39, 0.29) is 0 Å². The first-order chi connectivity index (χ1) is 13.1. The van der Waals surface area contributed by atoms with Gasteiger partial charge in [-0.05, 0) is 38.0 Å². The Morgan fingerprint density at radius 3 is 2.81 bits per heavy atom. The minimum absolute atomic E-state index is 0.568. The van der Waals surface area contributed by atoms with Gasteiger partial charge in [0, 0.05) is 36.9 Å². The Morgan fingerprint density at radius 1 is 1.11 bits per heavy atom. The SMILES string of the molecule is CCCn1cc(-c2ccnc(NCc3cn4cccc(C)c4n3)n2)c(C)n1. The van der Waals surface area contributed by atoms with Gasteiger partial charge in [-0.1, -0.05) is 13.0 Å². The molecule has 0 aliphatic heterocycles. The summed E-state index contributed by atoms with van der Waals surface area (Å²) in [7, 11) is 0. The normalized spacial score (nSPS) is 11.2. The number of anilines is 1. The van der Waals surface area contributed by atoms with Crippen molar-refractivity contribution < 1.29 is 0 Å². The van der Waals surface area contributed by atoms with Gasteiger partial charge in [-0.15, -0.1) is 0 Å². The monoisotopic (exact) mass is 361 g/mol. The van der Waals surface area contributed by atoms with Gasteiger partial charge in [-0.3, -0.25) is 4.68 Å². The first-order valence-electron chi connectivity index (χ1n) is 9.18. The number of aromatic nitrogens is 6. The highest BCUT2D eigenvalue weighted by Gasteiger charge is 2.10. The van der Waals surface area contributed by atoms with Crippen LogP contribution in [0, 0.1) is 13.8 Å². The van der Waals surface area contributed by atoms with Crippen LogP contribution in [0.25, 0.3) is 16.9 Å². The van der Waals surface area contributed by atoms with Crippen molar-refractivity contribution in [2.24, 2.45) is 0 Å². The third-order valence-electron chi connectivity index (χ3n) is 4.49. The first-order valence-corrected chi connectivity index (χ1v) is 9.18. The lowest BCUT2D eigenvalue weighted by molar-refractivity contribution is 0.598. The predicted octanol–water partition coefficient (Wildman–Crippen LogP) is 3.63. The number of hydrogen-bond donors (Lipinski definition) is 1. The number of nitrogens with zero attached hydrogens (tertiary/aromatic N) is 6. The zero-order chi connectivity index (χ0) is 18.8. The van der Waals surface area contributed by atoms with E-state index in [2.05, 4.69) is 51.5 Å². The Bertz CT molecular complexity index is 1080. The summed E-state index contributed by atoms with van der Waals surface area (Å²) in [6, 6.07) is 6.00. The molecule has 138 valence electrons. The number of pyridine rings is 1. The van der Waals surface area contributed by atoms with Crippen molar-refractivity contribution in [3.8, 4) is 11.3 Å². The quantitative estimate of drug-likeness (QED) is 0.568. The molecule has 0 bridgehead atoms. The Kier molecular flexibility index (Phi) is 4.58. The minimum atomic E-state index is 0.568. The molecule has 0 aromatic carbocycles. The summed E-state index contributed by atoms with van der Waals surface area (Å²) in [5, 5.41) is 7.83. The molecule has 4 rings (SSSR count). The van der Waals surface area contributed by atoms with Crippen molar-refractivity contribution >= 4 is 11.6 Å². The molecule has 0 amide bonds. The van der Waals surface area contributed by atoms with Crippen LogP contribution in [0.5, 0.6) is 0 Å². The molecule has 0 aliphatic carbocycles. The van der Waals surface area contributed by atoms with Gasteiger partial charge in [0.15, 0.2) is 0 Å². The van der Waals surface area contributed by atoms with Crippen LogP contribution in [-0.4, -0.2) is 29.1 Å². The highest BCUT2D eigenvalue weighted by molar-refractivity contribution is 5.61. The van der Waals surface area contributed by atoms with Gasteiger partial charge in [0.25, 0.3) is 0 Å². The molecule has 0 aliphatic rings. The van der Waals surface area contributed by atoms with E-state index in [0.29, 0.717) is 12.5 Å². The summed E-state index contributed by atoms with van der Waals surface area (Å²) in [6.45, 7) is 7.69. The van der Waals surface area contributed by atoms with Crippen molar-refractivity contribution in [2.45, 2.75) is 40.3 Å². The topological polar surface area (TPSA) is 72.9 Å². The Morgan fingerprint density at radius 2 is 2.00 bits per heavy atom. The summed E-state index contributed by atoms with van der Waals surface area (Å²) >= 11 is 0. The van der Waals surface area contributed by atoms with Crippen LogP contribution >= 0.6 is 0 Å². The van der Waals surface area contributed by atoms with Crippen LogP contribution in [-0.2, 0) is 13.1 Å². The smallest absolute Gasteiger partial charge is 0.223 e. The van der Waals surface area contributed by atoms with E-state index in [4.69, 9.17) is 0 Å². The van der Waals surface area contributed by atoms with E-state index >= 15 is 0 Å². The van der Waals surface area contributed by atoms with E-state index in [9.17, 15) is 0 Å². The first kappa shape index (κ1) is 17.2. The molecular formula is C20H23N7. The van der Waals surface area contributed by atoms with Crippen molar-refractivity contribution in [1.29, 1.82) is 0 Å². The van der Waals surface area contributed by atoms with Crippen LogP contribution in [0.1, 0.15) is 30.3 Å². The molecule has 4 aromatic rings. The average molecular weight is 361 g/mol. The Labute approximate surface area is 158 Å². The third-order valence-corrected chi connectivity index (χ3v) is 4.49. The zero-order valence-electron chi connectivity index (χ0n) is 15.8. The number of rotatable bonds is 6. The second kappa shape index (κ2) is 7.19. The maximum absolute atomic E-state index is 4.68. The summed E-state index contributed by atoms with van der Waals surface area (Å²) in [6.07, 6.45) is 8.91. The Hall–Kier alpha value is -3.22. The summed E-state index contributed by atoms with van der Waals surface area (Å²) in [4.78, 5) is 13.7. The summed E-state index contributed by atoms with van der Waals surface area (Å²) in [5.74, 6) is 0.587. The highest BCUT2D eigenvalue weighted by Crippen LogP contribution is 2.21. The Balaban J connectivity index is 1.53. The van der Waals surface area contributed by atoms with E-state index in [1.54, 1.807) is 6.20 Å². The van der Waals surface area contributed by atoms with E-state index in [0.717, 1.165) is 46.8 Å². The van der Waals surface area contributed by atoms with Gasteiger partial charge in [-0.25, -0.2) is 15.0 Å². The average Bonchev–Trinajstić information content (AvgIpc) is 3.25. The fourth-order valence-corrected chi connectivity index (χ4v) is 3.17. The fraction of sp³-hybridized carbons (Fsp3) is 0.300. The molecule has 0 unspecified atom stereocenters. The van der Waals surface area contributed by atoms with Crippen LogP contribution in [0.15, 0.2) is 43.0 Å². The fourth-order valence-electron chi connectivity index (χ4n) is 3.17. The van der Waals surface area contributed by atoms with Gasteiger partial charge >= 0.3 is 0 Å². The predicted molar refractivity (Wildman–Crippen MR) is 106 cm³/mol. The maximum atomic E-state index is 4.68. The zero-order valence-corrected chi connectivity index (χ0v) is 15.8. The maximum Gasteiger partial charge on any atom is 0.223 e. The lowest BCUT2D eigenvalue weighted by atomic mass is 10.2. The van der Waals surface area contributed by atoms with Gasteiger partial charge in [0.2, 0.25) is 5.95 Å². The van der Waals surface area contributed by atoms with Crippen LogP contribution in [0.2, 0.25) is 0 Å². The van der Waals surface area contributed by atoms with E-state index in [1.807, 2.05) is 40.5 Å². The molecule has 7 heteroatoms. The molecule has 27 heavy (non-hydrogen) atoms. The highest BCUT2D eigenvalue weighted by atomic mass is 15.3. The van der Waals surface area contributed by atoms with Crippen LogP contribution in [0.4, 0.5) is 5.95 Å². The molecule has 0 radical (unpaired) electrons. The molecule has 0 saturated carbocycles. The lowest BCUT2D eigenvalue weighted by Gasteiger charge is -2.04. The van der Waals surface area contributed by atoms with Crippen LogP contribution in [0.3, 0.4) is 0 Å². The second-order valence-electron chi connectivity index (χ2n) is 6.66. The molecule has 0 atom stereocenters. The van der Waals surface area contributed by atoms with Crippen molar-refractivity contribution in [1.82, 2.24) is 29.1 Å². The molecule has 1 N–H and O–H groups in total. The van der Waals surface area contributed by atoms with E-state index in [1.165, 1.54) is 0 Å². The summed E-state index contributed by atoms with van der Waals surface area (Å²) in [5.41, 5.74) is 5.97. The van der Waals surface area contributed by atoms with Gasteiger partial charge in [-0.2, -0.15) is 5.10 Å².